The van der Waals surface area contributed by atoms with Gasteiger partial charge in [-0.1, -0.05) is 17.7 Å². The van der Waals surface area contributed by atoms with Crippen molar-refractivity contribution in [1.82, 2.24) is 10.2 Å². The molecule has 3 N–H and O–H groups in total. The first-order valence-corrected chi connectivity index (χ1v) is 9.66. The smallest absolute Gasteiger partial charge is 0.261 e. The lowest BCUT2D eigenvalue weighted by Gasteiger charge is -2.10. The van der Waals surface area contributed by atoms with Crippen LogP contribution in [0.3, 0.4) is 0 Å². The largest absolute Gasteiger partial charge is 0.321 e. The number of fused-ring (bicyclic) bond motifs is 1. The molecule has 0 atom stereocenters. The third kappa shape index (κ3) is 3.34. The molecule has 0 fully saturated rings. The predicted molar refractivity (Wildman–Crippen MR) is 104 cm³/mol. The second kappa shape index (κ2) is 6.40. The lowest BCUT2D eigenvalue weighted by molar-refractivity contribution is -0.110. The van der Waals surface area contributed by atoms with Gasteiger partial charge in [-0.2, -0.15) is 5.10 Å². The predicted octanol–water partition coefficient (Wildman–Crippen LogP) is 3.01. The Morgan fingerprint density at radius 1 is 1.11 bits per heavy atom. The van der Waals surface area contributed by atoms with Crippen LogP contribution in [0, 0.1) is 6.92 Å². The van der Waals surface area contributed by atoms with E-state index in [9.17, 15) is 13.2 Å². The summed E-state index contributed by atoms with van der Waals surface area (Å²) in [6.07, 6.45) is 4.97. The summed E-state index contributed by atoms with van der Waals surface area (Å²) in [6.45, 7) is 1.89. The molecule has 0 bridgehead atoms. The fourth-order valence-corrected chi connectivity index (χ4v) is 3.88. The van der Waals surface area contributed by atoms with Gasteiger partial charge in [0.2, 0.25) is 0 Å². The maximum Gasteiger partial charge on any atom is 0.261 e. The normalized spacial score (nSPS) is 14.9. The molecule has 1 amide bonds. The number of hydrogen-bond acceptors (Lipinski definition) is 4. The maximum atomic E-state index is 12.6. The van der Waals surface area contributed by atoms with Crippen molar-refractivity contribution in [2.75, 3.05) is 10.0 Å². The number of hydrogen-bond donors (Lipinski definition) is 3. The molecule has 136 valence electrons. The van der Waals surface area contributed by atoms with Crippen molar-refractivity contribution in [3.63, 3.8) is 0 Å². The standard InChI is InChI=1S/C19H16N4O3S/c1-12-2-5-15(6-3-12)27(25,26)23-14-4-7-18-16(9-14)17(19(24)22-18)8-13-10-20-21-11-13/h2-11,23H,1H3,(H,20,21)(H,22,24)/b17-8+. The maximum absolute atomic E-state index is 12.6. The number of amides is 1. The molecule has 1 aliphatic heterocycles. The van der Waals surface area contributed by atoms with E-state index in [0.29, 0.717) is 22.5 Å². The third-order valence-electron chi connectivity index (χ3n) is 4.22. The minimum absolute atomic E-state index is 0.178. The third-order valence-corrected chi connectivity index (χ3v) is 5.61. The Kier molecular flexibility index (Phi) is 4.04. The molecule has 0 spiro atoms. The Morgan fingerprint density at radius 3 is 2.59 bits per heavy atom. The summed E-state index contributed by atoms with van der Waals surface area (Å²) < 4.78 is 27.8. The second-order valence-electron chi connectivity index (χ2n) is 6.22. The molecular weight excluding hydrogens is 364 g/mol. The number of nitrogens with one attached hydrogen (secondary N) is 3. The summed E-state index contributed by atoms with van der Waals surface area (Å²) in [4.78, 5) is 12.4. The number of H-pyrrole nitrogens is 1. The topological polar surface area (TPSA) is 104 Å². The number of carbonyl (C=O) groups excluding carboxylic acids is 1. The number of aromatic nitrogens is 2. The monoisotopic (exact) mass is 380 g/mol. The van der Waals surface area contributed by atoms with Crippen LogP contribution in [0.25, 0.3) is 11.6 Å². The van der Waals surface area contributed by atoms with Crippen LogP contribution in [0.15, 0.2) is 59.8 Å². The van der Waals surface area contributed by atoms with E-state index in [0.717, 1.165) is 11.1 Å². The molecule has 4 rings (SSSR count). The van der Waals surface area contributed by atoms with Crippen LogP contribution >= 0.6 is 0 Å². The van der Waals surface area contributed by atoms with Crippen LogP contribution in [0.5, 0.6) is 0 Å². The van der Waals surface area contributed by atoms with Crippen molar-refractivity contribution >= 4 is 39.0 Å². The van der Waals surface area contributed by atoms with Crippen LogP contribution in [0.1, 0.15) is 16.7 Å². The van der Waals surface area contributed by atoms with Gasteiger partial charge in [-0.15, -0.1) is 0 Å². The van der Waals surface area contributed by atoms with Crippen LogP contribution in [0.2, 0.25) is 0 Å². The quantitative estimate of drug-likeness (QED) is 0.605. The highest BCUT2D eigenvalue weighted by atomic mass is 32.2. The van der Waals surface area contributed by atoms with Gasteiger partial charge in [0.1, 0.15) is 0 Å². The first-order valence-electron chi connectivity index (χ1n) is 8.18. The SMILES string of the molecule is Cc1ccc(S(=O)(=O)Nc2ccc3c(c2)/C(=C\c2cn[nH]c2)C(=O)N3)cc1. The highest BCUT2D eigenvalue weighted by Crippen LogP contribution is 2.35. The van der Waals surface area contributed by atoms with Crippen molar-refractivity contribution in [3.05, 3.63) is 71.5 Å². The van der Waals surface area contributed by atoms with Gasteiger partial charge >= 0.3 is 0 Å². The summed E-state index contributed by atoms with van der Waals surface area (Å²) in [7, 11) is -3.72. The zero-order chi connectivity index (χ0) is 19.0. The molecule has 8 heteroatoms. The van der Waals surface area contributed by atoms with Crippen LogP contribution in [-0.2, 0) is 14.8 Å². The fourth-order valence-electron chi connectivity index (χ4n) is 2.83. The minimum atomic E-state index is -3.72. The average molecular weight is 380 g/mol. The average Bonchev–Trinajstić information content (AvgIpc) is 3.24. The number of carbonyl (C=O) groups is 1. The van der Waals surface area contributed by atoms with E-state index < -0.39 is 10.0 Å². The number of sulfonamides is 1. The highest BCUT2D eigenvalue weighted by Gasteiger charge is 2.25. The molecule has 27 heavy (non-hydrogen) atoms. The van der Waals surface area contributed by atoms with Crippen LogP contribution < -0.4 is 10.0 Å². The lowest BCUT2D eigenvalue weighted by atomic mass is 10.0. The highest BCUT2D eigenvalue weighted by molar-refractivity contribution is 7.92. The zero-order valence-corrected chi connectivity index (χ0v) is 15.2. The Balaban J connectivity index is 1.68. The minimum Gasteiger partial charge on any atom is -0.321 e. The van der Waals surface area contributed by atoms with Gasteiger partial charge in [0.25, 0.3) is 15.9 Å². The molecule has 3 aromatic rings. The second-order valence-corrected chi connectivity index (χ2v) is 7.91. The van der Waals surface area contributed by atoms with Gasteiger partial charge < -0.3 is 5.32 Å². The van der Waals surface area contributed by atoms with Gasteiger partial charge in [-0.05, 0) is 43.3 Å². The number of aromatic amines is 1. The van der Waals surface area contributed by atoms with E-state index in [1.807, 2.05) is 6.92 Å². The molecule has 1 aromatic heterocycles. The molecule has 0 aliphatic carbocycles. The Labute approximate surface area is 156 Å². The lowest BCUT2D eigenvalue weighted by Crippen LogP contribution is -2.13. The van der Waals surface area contributed by atoms with E-state index in [-0.39, 0.29) is 10.8 Å². The zero-order valence-electron chi connectivity index (χ0n) is 14.4. The summed E-state index contributed by atoms with van der Waals surface area (Å²) in [5, 5.41) is 9.32. The summed E-state index contributed by atoms with van der Waals surface area (Å²) in [6, 6.07) is 11.5. The number of nitrogens with zero attached hydrogens (tertiary/aromatic N) is 1. The van der Waals surface area contributed by atoms with Crippen LogP contribution in [0.4, 0.5) is 11.4 Å². The van der Waals surface area contributed by atoms with E-state index in [2.05, 4.69) is 20.2 Å². The van der Waals surface area contributed by atoms with Crippen LogP contribution in [-0.4, -0.2) is 24.5 Å². The Hall–Kier alpha value is -3.39. The van der Waals surface area contributed by atoms with Gasteiger partial charge in [-0.3, -0.25) is 14.6 Å². The van der Waals surface area contributed by atoms with E-state index in [1.54, 1.807) is 60.9 Å². The summed E-state index contributed by atoms with van der Waals surface area (Å²) in [5.41, 5.74) is 3.81. The molecule has 0 saturated heterocycles. The summed E-state index contributed by atoms with van der Waals surface area (Å²) >= 11 is 0. The van der Waals surface area contributed by atoms with Gasteiger partial charge in [0, 0.05) is 34.3 Å². The van der Waals surface area contributed by atoms with Gasteiger partial charge in [0.15, 0.2) is 0 Å². The van der Waals surface area contributed by atoms with Crippen molar-refractivity contribution < 1.29 is 13.2 Å². The molecule has 0 saturated carbocycles. The van der Waals surface area contributed by atoms with E-state index in [4.69, 9.17) is 0 Å². The number of rotatable bonds is 4. The first-order chi connectivity index (χ1) is 12.9. The molecular formula is C19H16N4O3S. The number of aryl methyl sites for hydroxylation is 1. The molecule has 2 aromatic carbocycles. The molecule has 7 nitrogen and oxygen atoms in total. The fraction of sp³-hybridized carbons (Fsp3) is 0.0526. The van der Waals surface area contributed by atoms with Crippen molar-refractivity contribution in [2.24, 2.45) is 0 Å². The molecule has 0 unspecified atom stereocenters. The van der Waals surface area contributed by atoms with Gasteiger partial charge in [-0.25, -0.2) is 8.42 Å². The Morgan fingerprint density at radius 2 is 1.89 bits per heavy atom. The molecule has 0 radical (unpaired) electrons. The Bertz CT molecular complexity index is 1150. The van der Waals surface area contributed by atoms with Crippen molar-refractivity contribution in [2.45, 2.75) is 11.8 Å². The molecule has 2 heterocycles. The van der Waals surface area contributed by atoms with E-state index >= 15 is 0 Å². The van der Waals surface area contributed by atoms with Gasteiger partial charge in [0.05, 0.1) is 11.1 Å². The number of anilines is 2. The first kappa shape index (κ1) is 17.0. The number of benzene rings is 2. The summed E-state index contributed by atoms with van der Waals surface area (Å²) in [5.74, 6) is -0.246. The van der Waals surface area contributed by atoms with E-state index in [1.165, 1.54) is 0 Å². The molecule has 1 aliphatic rings. The van der Waals surface area contributed by atoms with Crippen molar-refractivity contribution in [1.29, 1.82) is 0 Å². The van der Waals surface area contributed by atoms with Crippen molar-refractivity contribution in [3.8, 4) is 0 Å².